The van der Waals surface area contributed by atoms with E-state index in [9.17, 15) is 14.0 Å². The number of nitrogens with one attached hydrogen (secondary N) is 1. The van der Waals surface area contributed by atoms with E-state index >= 15 is 4.39 Å². The normalized spacial score (nSPS) is 16.7. The molecule has 38 heavy (non-hydrogen) atoms. The Morgan fingerprint density at radius 1 is 1.18 bits per heavy atom. The monoisotopic (exact) mass is 540 g/mol. The molecule has 0 bridgehead atoms. The molecule has 0 radical (unpaired) electrons. The minimum absolute atomic E-state index is 0.0181. The second-order valence-corrected chi connectivity index (χ2v) is 11.9. The van der Waals surface area contributed by atoms with Crippen LogP contribution in [0.4, 0.5) is 14.6 Å². The van der Waals surface area contributed by atoms with Crippen LogP contribution >= 0.6 is 11.8 Å². The highest BCUT2D eigenvalue weighted by Crippen LogP contribution is 2.49. The zero-order valence-electron chi connectivity index (χ0n) is 22.6. The number of carbonyl (C=O) groups excluding carboxylic acids is 2. The van der Waals surface area contributed by atoms with Crippen LogP contribution in [0.15, 0.2) is 42.5 Å². The maximum atomic E-state index is 15.2. The second-order valence-electron chi connectivity index (χ2n) is 10.8. The molecule has 202 valence electrons. The van der Waals surface area contributed by atoms with Crippen LogP contribution in [0.25, 0.3) is 5.69 Å². The van der Waals surface area contributed by atoms with Gasteiger partial charge in [0.15, 0.2) is 0 Å². The first-order chi connectivity index (χ1) is 17.9. The fraction of sp³-hybridized carbons (Fsp3) is 0.414. The molecule has 0 saturated carbocycles. The first-order valence-corrected chi connectivity index (χ1v) is 13.8. The SMILES string of the molecule is CC[C@@H](C)NC(=O)CN1C(=O)CS[C@@H](c2ccc(F)cc2F)c2c(C(C)(C)C)nn(-c3ccc(C)cc3)c21. The zero-order chi connectivity index (χ0) is 27.8. The first kappa shape index (κ1) is 27.8. The Kier molecular flexibility index (Phi) is 7.97. The Hall–Kier alpha value is -3.20. The largest absolute Gasteiger partial charge is 0.352 e. The van der Waals surface area contributed by atoms with Crippen LogP contribution in [0.5, 0.6) is 0 Å². The molecule has 4 rings (SSSR count). The number of hydrogen-bond acceptors (Lipinski definition) is 4. The minimum Gasteiger partial charge on any atom is -0.352 e. The number of anilines is 1. The standard InChI is InChI=1S/C29H34F2N4O2S/c1-7-18(3)32-23(36)15-34-24(37)16-38-26(21-13-10-19(30)14-22(21)31)25-27(29(4,5)6)33-35(28(25)34)20-11-8-17(2)9-12-20/h8-14,18,26H,7,15-16H2,1-6H3,(H,32,36)/t18-,26+/m1/s1. The summed E-state index contributed by atoms with van der Waals surface area (Å²) in [7, 11) is 0. The minimum atomic E-state index is -0.688. The van der Waals surface area contributed by atoms with Crippen molar-refractivity contribution >= 4 is 29.4 Å². The molecule has 1 aliphatic heterocycles. The van der Waals surface area contributed by atoms with Gasteiger partial charge in [-0.05, 0) is 38.5 Å². The Balaban J connectivity index is 2.00. The van der Waals surface area contributed by atoms with Crippen molar-refractivity contribution in [2.45, 2.75) is 64.7 Å². The molecule has 2 amide bonds. The summed E-state index contributed by atoms with van der Waals surface area (Å²) in [6.45, 7) is 11.7. The van der Waals surface area contributed by atoms with E-state index in [0.717, 1.165) is 18.1 Å². The summed E-state index contributed by atoms with van der Waals surface area (Å²) in [4.78, 5) is 28.1. The van der Waals surface area contributed by atoms with E-state index in [4.69, 9.17) is 5.10 Å². The molecule has 0 unspecified atom stereocenters. The number of rotatable bonds is 6. The average molecular weight is 541 g/mol. The molecule has 9 heteroatoms. The second kappa shape index (κ2) is 10.9. The Labute approximate surface area is 226 Å². The first-order valence-electron chi connectivity index (χ1n) is 12.8. The Morgan fingerprint density at radius 2 is 1.87 bits per heavy atom. The van der Waals surface area contributed by atoms with E-state index in [1.165, 1.54) is 28.8 Å². The number of hydrogen-bond donors (Lipinski definition) is 1. The molecule has 0 aliphatic carbocycles. The number of carbonyl (C=O) groups is 2. The molecule has 2 atom stereocenters. The summed E-state index contributed by atoms with van der Waals surface area (Å²) in [6, 6.07) is 11.2. The molecule has 0 spiro atoms. The lowest BCUT2D eigenvalue weighted by Gasteiger charge is -2.25. The highest BCUT2D eigenvalue weighted by Gasteiger charge is 2.40. The predicted octanol–water partition coefficient (Wildman–Crippen LogP) is 5.84. The van der Waals surface area contributed by atoms with Crippen molar-refractivity contribution in [1.29, 1.82) is 0 Å². The number of nitrogens with zero attached hydrogens (tertiary/aromatic N) is 3. The van der Waals surface area contributed by atoms with E-state index in [1.54, 1.807) is 4.68 Å². The fourth-order valence-corrected chi connectivity index (χ4v) is 5.68. The van der Waals surface area contributed by atoms with Gasteiger partial charge in [-0.2, -0.15) is 5.10 Å². The lowest BCUT2D eigenvalue weighted by atomic mass is 9.87. The van der Waals surface area contributed by atoms with Crippen LogP contribution in [-0.2, 0) is 15.0 Å². The molecular formula is C29H34F2N4O2S. The molecule has 6 nitrogen and oxygen atoms in total. The van der Waals surface area contributed by atoms with Gasteiger partial charge in [0.25, 0.3) is 0 Å². The molecule has 0 fully saturated rings. The maximum Gasteiger partial charge on any atom is 0.240 e. The van der Waals surface area contributed by atoms with Crippen LogP contribution in [0.1, 0.15) is 68.7 Å². The van der Waals surface area contributed by atoms with Gasteiger partial charge in [0.1, 0.15) is 24.0 Å². The molecular weight excluding hydrogens is 506 g/mol. The van der Waals surface area contributed by atoms with Gasteiger partial charge in [0.2, 0.25) is 11.8 Å². The van der Waals surface area contributed by atoms with Crippen molar-refractivity contribution < 1.29 is 18.4 Å². The van der Waals surface area contributed by atoms with Gasteiger partial charge in [0, 0.05) is 28.7 Å². The van der Waals surface area contributed by atoms with Crippen molar-refractivity contribution in [2.24, 2.45) is 0 Å². The summed E-state index contributed by atoms with van der Waals surface area (Å²) in [5.74, 6) is -1.48. The summed E-state index contributed by atoms with van der Waals surface area (Å²) in [5.41, 5.74) is 2.89. The summed E-state index contributed by atoms with van der Waals surface area (Å²) in [6.07, 6.45) is 0.752. The van der Waals surface area contributed by atoms with Gasteiger partial charge < -0.3 is 5.32 Å². The van der Waals surface area contributed by atoms with Crippen molar-refractivity contribution in [1.82, 2.24) is 15.1 Å². The quantitative estimate of drug-likeness (QED) is 0.427. The summed E-state index contributed by atoms with van der Waals surface area (Å²) in [5, 5.41) is 7.28. The van der Waals surface area contributed by atoms with Crippen LogP contribution in [0.3, 0.4) is 0 Å². The van der Waals surface area contributed by atoms with E-state index < -0.39 is 22.3 Å². The van der Waals surface area contributed by atoms with Crippen molar-refractivity contribution in [3.8, 4) is 5.69 Å². The van der Waals surface area contributed by atoms with E-state index in [1.807, 2.05) is 65.8 Å². The van der Waals surface area contributed by atoms with Gasteiger partial charge in [-0.3, -0.25) is 14.5 Å². The van der Waals surface area contributed by atoms with Gasteiger partial charge in [-0.25, -0.2) is 13.5 Å². The smallest absolute Gasteiger partial charge is 0.240 e. The number of aryl methyl sites for hydroxylation is 1. The number of thioether (sulfide) groups is 1. The summed E-state index contributed by atoms with van der Waals surface area (Å²) >= 11 is 1.26. The van der Waals surface area contributed by atoms with E-state index in [0.29, 0.717) is 22.8 Å². The molecule has 3 aromatic rings. The summed E-state index contributed by atoms with van der Waals surface area (Å²) < 4.78 is 30.7. The van der Waals surface area contributed by atoms with Crippen molar-refractivity contribution in [3.05, 3.63) is 76.5 Å². The molecule has 0 saturated heterocycles. The third-order valence-corrected chi connectivity index (χ3v) is 7.88. The molecule has 1 aromatic heterocycles. The van der Waals surface area contributed by atoms with Crippen LogP contribution in [0, 0.1) is 18.6 Å². The van der Waals surface area contributed by atoms with Gasteiger partial charge in [0.05, 0.1) is 22.4 Å². The van der Waals surface area contributed by atoms with Crippen LogP contribution in [0.2, 0.25) is 0 Å². The van der Waals surface area contributed by atoms with Gasteiger partial charge in [-0.1, -0.05) is 51.5 Å². The number of halogens is 2. The highest BCUT2D eigenvalue weighted by molar-refractivity contribution is 8.00. The maximum absolute atomic E-state index is 15.2. The Morgan fingerprint density at radius 3 is 2.47 bits per heavy atom. The molecule has 1 aliphatic rings. The van der Waals surface area contributed by atoms with Crippen LogP contribution in [-0.4, -0.2) is 39.9 Å². The zero-order valence-corrected chi connectivity index (χ0v) is 23.5. The number of benzene rings is 2. The third-order valence-electron chi connectivity index (χ3n) is 6.64. The third kappa shape index (κ3) is 5.62. The number of amides is 2. The van der Waals surface area contributed by atoms with Gasteiger partial charge in [-0.15, -0.1) is 11.8 Å². The Bertz CT molecular complexity index is 1350. The molecule has 1 N–H and O–H groups in total. The average Bonchev–Trinajstić information content (AvgIpc) is 3.18. The number of aromatic nitrogens is 2. The predicted molar refractivity (Wildman–Crippen MR) is 148 cm³/mol. The number of fused-ring (bicyclic) bond motifs is 1. The van der Waals surface area contributed by atoms with E-state index in [2.05, 4.69) is 5.32 Å². The molecule has 2 aromatic carbocycles. The van der Waals surface area contributed by atoms with Crippen molar-refractivity contribution in [2.75, 3.05) is 17.2 Å². The van der Waals surface area contributed by atoms with Gasteiger partial charge >= 0.3 is 0 Å². The van der Waals surface area contributed by atoms with E-state index in [-0.39, 0.29) is 35.7 Å². The lowest BCUT2D eigenvalue weighted by molar-refractivity contribution is -0.123. The van der Waals surface area contributed by atoms with Crippen molar-refractivity contribution in [3.63, 3.8) is 0 Å². The fourth-order valence-electron chi connectivity index (χ4n) is 4.46. The topological polar surface area (TPSA) is 67.2 Å². The lowest BCUT2D eigenvalue weighted by Crippen LogP contribution is -2.44. The van der Waals surface area contributed by atoms with Crippen LogP contribution < -0.4 is 10.2 Å². The molecule has 2 heterocycles. The highest BCUT2D eigenvalue weighted by atomic mass is 32.2.